The van der Waals surface area contributed by atoms with Gasteiger partial charge in [-0.15, -0.1) is 0 Å². The Labute approximate surface area is 138 Å². The highest BCUT2D eigenvalue weighted by Gasteiger charge is 2.17. The Morgan fingerprint density at radius 1 is 1.05 bits per heavy atom. The van der Waals surface area contributed by atoms with Crippen molar-refractivity contribution in [2.75, 3.05) is 0 Å². The zero-order valence-electron chi connectivity index (χ0n) is 11.5. The Kier molecular flexibility index (Phi) is 4.27. The van der Waals surface area contributed by atoms with E-state index >= 15 is 0 Å². The van der Waals surface area contributed by atoms with Crippen LogP contribution >= 0.6 is 23.2 Å². The molecule has 110 valence electrons. The molecule has 0 saturated heterocycles. The van der Waals surface area contributed by atoms with Crippen molar-refractivity contribution in [1.82, 2.24) is 9.55 Å². The van der Waals surface area contributed by atoms with Crippen LogP contribution in [0, 0.1) is 0 Å². The minimum atomic E-state index is -0.190. The van der Waals surface area contributed by atoms with Gasteiger partial charge in [0.25, 0.3) is 0 Å². The SMILES string of the molecule is O=C(c1ccccc1Cl)c1nccn1Cc1ccc(Cl)cc1. The molecular formula is C17H12Cl2N2O. The Morgan fingerprint density at radius 3 is 2.50 bits per heavy atom. The first-order valence-corrected chi connectivity index (χ1v) is 7.45. The van der Waals surface area contributed by atoms with E-state index in [4.69, 9.17) is 23.2 Å². The van der Waals surface area contributed by atoms with Gasteiger partial charge in [-0.1, -0.05) is 47.5 Å². The van der Waals surface area contributed by atoms with E-state index in [-0.39, 0.29) is 5.78 Å². The number of imidazole rings is 1. The van der Waals surface area contributed by atoms with Crippen LogP contribution in [-0.4, -0.2) is 15.3 Å². The summed E-state index contributed by atoms with van der Waals surface area (Å²) in [6, 6.07) is 14.5. The lowest BCUT2D eigenvalue weighted by Crippen LogP contribution is -2.12. The second-order valence-corrected chi connectivity index (χ2v) is 5.66. The van der Waals surface area contributed by atoms with Crippen molar-refractivity contribution in [1.29, 1.82) is 0 Å². The number of halogens is 2. The van der Waals surface area contributed by atoms with Crippen molar-refractivity contribution in [3.05, 3.63) is 87.9 Å². The Balaban J connectivity index is 1.90. The fourth-order valence-electron chi connectivity index (χ4n) is 2.20. The third-order valence-electron chi connectivity index (χ3n) is 3.30. The van der Waals surface area contributed by atoms with Gasteiger partial charge in [-0.2, -0.15) is 0 Å². The summed E-state index contributed by atoms with van der Waals surface area (Å²) < 4.78 is 1.80. The first-order valence-electron chi connectivity index (χ1n) is 6.70. The molecule has 0 atom stereocenters. The number of benzene rings is 2. The molecule has 0 spiro atoms. The van der Waals surface area contributed by atoms with Gasteiger partial charge in [0.2, 0.25) is 5.78 Å². The molecule has 1 aromatic heterocycles. The molecule has 3 nitrogen and oxygen atoms in total. The van der Waals surface area contributed by atoms with E-state index < -0.39 is 0 Å². The smallest absolute Gasteiger partial charge is 0.229 e. The number of hydrogen-bond acceptors (Lipinski definition) is 2. The Hall–Kier alpha value is -2.10. The number of aromatic nitrogens is 2. The van der Waals surface area contributed by atoms with Gasteiger partial charge >= 0.3 is 0 Å². The average molecular weight is 331 g/mol. The molecule has 5 heteroatoms. The summed E-state index contributed by atoms with van der Waals surface area (Å²) in [6.07, 6.45) is 3.39. The van der Waals surface area contributed by atoms with Gasteiger partial charge in [0.05, 0.1) is 5.02 Å². The molecule has 0 unspecified atom stereocenters. The fraction of sp³-hybridized carbons (Fsp3) is 0.0588. The van der Waals surface area contributed by atoms with Crippen LogP contribution in [0.4, 0.5) is 0 Å². The minimum absolute atomic E-state index is 0.190. The number of carbonyl (C=O) groups is 1. The highest BCUT2D eigenvalue weighted by atomic mass is 35.5. The molecule has 22 heavy (non-hydrogen) atoms. The number of ketones is 1. The first kappa shape index (κ1) is 14.8. The zero-order valence-corrected chi connectivity index (χ0v) is 13.1. The molecule has 3 rings (SSSR count). The predicted molar refractivity (Wildman–Crippen MR) is 87.7 cm³/mol. The summed E-state index contributed by atoms with van der Waals surface area (Å²) in [5.41, 5.74) is 1.49. The normalized spacial score (nSPS) is 10.6. The first-order chi connectivity index (χ1) is 10.6. The maximum Gasteiger partial charge on any atom is 0.229 e. The van der Waals surface area contributed by atoms with Crippen LogP contribution in [0.5, 0.6) is 0 Å². The van der Waals surface area contributed by atoms with Gasteiger partial charge in [0, 0.05) is 29.5 Å². The summed E-state index contributed by atoms with van der Waals surface area (Å²) in [5.74, 6) is 0.174. The van der Waals surface area contributed by atoms with E-state index in [1.807, 2.05) is 24.3 Å². The van der Waals surface area contributed by atoms with Gasteiger partial charge in [0.1, 0.15) is 0 Å². The summed E-state index contributed by atoms with van der Waals surface area (Å²) in [7, 11) is 0. The molecular weight excluding hydrogens is 319 g/mol. The van der Waals surface area contributed by atoms with E-state index in [1.54, 1.807) is 41.2 Å². The zero-order chi connectivity index (χ0) is 15.5. The monoisotopic (exact) mass is 330 g/mol. The summed E-state index contributed by atoms with van der Waals surface area (Å²) in [4.78, 5) is 16.8. The third kappa shape index (κ3) is 3.06. The third-order valence-corrected chi connectivity index (χ3v) is 3.88. The van der Waals surface area contributed by atoms with Crippen molar-refractivity contribution < 1.29 is 4.79 Å². The fourth-order valence-corrected chi connectivity index (χ4v) is 2.55. The van der Waals surface area contributed by atoms with E-state index in [0.717, 1.165) is 5.56 Å². The number of rotatable bonds is 4. The van der Waals surface area contributed by atoms with Crippen LogP contribution in [0.3, 0.4) is 0 Å². The second-order valence-electron chi connectivity index (χ2n) is 4.81. The molecule has 0 bridgehead atoms. The maximum absolute atomic E-state index is 12.6. The van der Waals surface area contributed by atoms with Crippen molar-refractivity contribution in [2.24, 2.45) is 0 Å². The molecule has 0 aliphatic heterocycles. The largest absolute Gasteiger partial charge is 0.324 e. The van der Waals surface area contributed by atoms with Gasteiger partial charge in [0.15, 0.2) is 5.82 Å². The van der Waals surface area contributed by atoms with Crippen LogP contribution in [0.15, 0.2) is 60.9 Å². The molecule has 0 radical (unpaired) electrons. The molecule has 0 amide bonds. The lowest BCUT2D eigenvalue weighted by atomic mass is 10.1. The predicted octanol–water partition coefficient (Wildman–Crippen LogP) is 4.47. The number of hydrogen-bond donors (Lipinski definition) is 0. The number of carbonyl (C=O) groups excluding carboxylic acids is 1. The molecule has 0 fully saturated rings. The van der Waals surface area contributed by atoms with E-state index in [2.05, 4.69) is 4.98 Å². The van der Waals surface area contributed by atoms with Crippen molar-refractivity contribution in [3.8, 4) is 0 Å². The van der Waals surface area contributed by atoms with Crippen LogP contribution in [-0.2, 0) is 6.54 Å². The van der Waals surface area contributed by atoms with E-state index in [9.17, 15) is 4.79 Å². The van der Waals surface area contributed by atoms with Crippen molar-refractivity contribution in [3.63, 3.8) is 0 Å². The Bertz CT molecular complexity index is 810. The minimum Gasteiger partial charge on any atom is -0.324 e. The van der Waals surface area contributed by atoms with Crippen LogP contribution in [0.25, 0.3) is 0 Å². The van der Waals surface area contributed by atoms with E-state index in [0.29, 0.717) is 28.0 Å². The second kappa shape index (κ2) is 6.34. The molecule has 0 aliphatic rings. The van der Waals surface area contributed by atoms with Crippen molar-refractivity contribution >= 4 is 29.0 Å². The summed E-state index contributed by atoms with van der Waals surface area (Å²) >= 11 is 12.0. The maximum atomic E-state index is 12.6. The summed E-state index contributed by atoms with van der Waals surface area (Å²) in [5, 5.41) is 1.11. The highest BCUT2D eigenvalue weighted by molar-refractivity contribution is 6.34. The van der Waals surface area contributed by atoms with Gasteiger partial charge < -0.3 is 4.57 Å². The lowest BCUT2D eigenvalue weighted by molar-refractivity contribution is 0.102. The van der Waals surface area contributed by atoms with Gasteiger partial charge in [-0.3, -0.25) is 4.79 Å². The molecule has 1 heterocycles. The van der Waals surface area contributed by atoms with Gasteiger partial charge in [-0.05, 0) is 29.8 Å². The van der Waals surface area contributed by atoms with Gasteiger partial charge in [-0.25, -0.2) is 4.98 Å². The highest BCUT2D eigenvalue weighted by Crippen LogP contribution is 2.19. The standard InChI is InChI=1S/C17H12Cl2N2O/c18-13-7-5-12(6-8-13)11-21-10-9-20-17(21)16(22)14-3-1-2-4-15(14)19/h1-10H,11H2. The summed E-state index contributed by atoms with van der Waals surface area (Å²) in [6.45, 7) is 0.544. The molecule has 2 aromatic carbocycles. The quantitative estimate of drug-likeness (QED) is 0.661. The molecule has 0 N–H and O–H groups in total. The topological polar surface area (TPSA) is 34.9 Å². The van der Waals surface area contributed by atoms with E-state index in [1.165, 1.54) is 0 Å². The average Bonchev–Trinajstić information content (AvgIpc) is 2.97. The van der Waals surface area contributed by atoms with Crippen LogP contribution in [0.2, 0.25) is 10.0 Å². The molecule has 0 aliphatic carbocycles. The molecule has 0 saturated carbocycles. The lowest BCUT2D eigenvalue weighted by Gasteiger charge is -2.08. The van der Waals surface area contributed by atoms with Crippen LogP contribution < -0.4 is 0 Å². The van der Waals surface area contributed by atoms with Crippen LogP contribution in [0.1, 0.15) is 21.7 Å². The Morgan fingerprint density at radius 2 is 1.77 bits per heavy atom. The van der Waals surface area contributed by atoms with Crippen molar-refractivity contribution in [2.45, 2.75) is 6.54 Å². The number of nitrogens with zero attached hydrogens (tertiary/aromatic N) is 2. The molecule has 3 aromatic rings.